The van der Waals surface area contributed by atoms with Crippen LogP contribution < -0.4 is 5.32 Å². The van der Waals surface area contributed by atoms with Crippen LogP contribution >= 0.6 is 0 Å². The molecule has 2 aromatic heterocycles. The van der Waals surface area contributed by atoms with Crippen molar-refractivity contribution in [2.24, 2.45) is 0 Å². The Morgan fingerprint density at radius 3 is 2.10 bits per heavy atom. The molecular formula is C20H13F6N5. The highest BCUT2D eigenvalue weighted by molar-refractivity contribution is 5.79. The van der Waals surface area contributed by atoms with E-state index in [1.807, 2.05) is 0 Å². The molecule has 0 fully saturated rings. The van der Waals surface area contributed by atoms with Crippen molar-refractivity contribution in [3.63, 3.8) is 0 Å². The SMILES string of the molecule is Cc1nc2ccc(C(F)(F)F)cc2n1-c1cncc(Nc2ccc(C(F)(F)F)cc2)n1. The number of hydrogen-bond acceptors (Lipinski definition) is 4. The first-order valence-electron chi connectivity index (χ1n) is 8.85. The van der Waals surface area contributed by atoms with Crippen LogP contribution in [-0.2, 0) is 12.4 Å². The lowest BCUT2D eigenvalue weighted by Gasteiger charge is -2.11. The normalized spacial score (nSPS) is 12.4. The molecule has 0 aliphatic carbocycles. The Morgan fingerprint density at radius 1 is 0.806 bits per heavy atom. The summed E-state index contributed by atoms with van der Waals surface area (Å²) in [5.74, 6) is 0.803. The molecule has 2 heterocycles. The summed E-state index contributed by atoms with van der Waals surface area (Å²) in [6.45, 7) is 1.62. The molecule has 4 rings (SSSR count). The Hall–Kier alpha value is -3.63. The predicted octanol–water partition coefficient (Wildman–Crippen LogP) is 5.91. The highest BCUT2D eigenvalue weighted by atomic mass is 19.4. The van der Waals surface area contributed by atoms with Gasteiger partial charge in [0, 0.05) is 5.69 Å². The van der Waals surface area contributed by atoms with E-state index in [-0.39, 0.29) is 17.2 Å². The van der Waals surface area contributed by atoms with Gasteiger partial charge in [-0.1, -0.05) is 0 Å². The second-order valence-electron chi connectivity index (χ2n) is 6.66. The first kappa shape index (κ1) is 20.6. The van der Waals surface area contributed by atoms with E-state index in [4.69, 9.17) is 0 Å². The van der Waals surface area contributed by atoms with Crippen LogP contribution in [0, 0.1) is 6.92 Å². The number of anilines is 2. The number of hydrogen-bond donors (Lipinski definition) is 1. The standard InChI is InChI=1S/C20H13F6N5/c1-11-28-15-7-4-13(20(24,25)26)8-16(15)31(11)18-10-27-9-17(30-18)29-14-5-2-12(3-6-14)19(21,22)23/h2-10H,1H3,(H,29,30). The van der Waals surface area contributed by atoms with Gasteiger partial charge in [-0.3, -0.25) is 9.55 Å². The first-order chi connectivity index (χ1) is 14.5. The van der Waals surface area contributed by atoms with Crippen LogP contribution in [0.5, 0.6) is 0 Å². The topological polar surface area (TPSA) is 55.6 Å². The number of alkyl halides is 6. The fourth-order valence-electron chi connectivity index (χ4n) is 3.08. The number of benzene rings is 2. The van der Waals surface area contributed by atoms with Crippen molar-refractivity contribution in [1.82, 2.24) is 19.5 Å². The molecule has 5 nitrogen and oxygen atoms in total. The van der Waals surface area contributed by atoms with Gasteiger partial charge in [0.05, 0.1) is 34.6 Å². The molecule has 4 aromatic rings. The third-order valence-corrected chi connectivity index (χ3v) is 4.49. The zero-order valence-corrected chi connectivity index (χ0v) is 15.8. The van der Waals surface area contributed by atoms with E-state index in [9.17, 15) is 26.3 Å². The van der Waals surface area contributed by atoms with Crippen molar-refractivity contribution in [3.05, 3.63) is 71.8 Å². The van der Waals surface area contributed by atoms with Gasteiger partial charge < -0.3 is 5.32 Å². The van der Waals surface area contributed by atoms with Gasteiger partial charge in [0.15, 0.2) is 11.6 Å². The van der Waals surface area contributed by atoms with Crippen molar-refractivity contribution in [2.45, 2.75) is 19.3 Å². The van der Waals surface area contributed by atoms with E-state index in [0.29, 0.717) is 17.0 Å². The number of nitrogens with one attached hydrogen (secondary N) is 1. The number of imidazole rings is 1. The molecule has 160 valence electrons. The zero-order valence-electron chi connectivity index (χ0n) is 15.8. The van der Waals surface area contributed by atoms with Gasteiger partial charge >= 0.3 is 12.4 Å². The molecule has 1 N–H and O–H groups in total. The minimum absolute atomic E-state index is 0.200. The largest absolute Gasteiger partial charge is 0.416 e. The van der Waals surface area contributed by atoms with Gasteiger partial charge in [-0.2, -0.15) is 26.3 Å². The molecule has 31 heavy (non-hydrogen) atoms. The third kappa shape index (κ3) is 4.16. The van der Waals surface area contributed by atoms with Gasteiger partial charge in [-0.15, -0.1) is 0 Å². The molecule has 0 bridgehead atoms. The molecule has 11 heteroatoms. The molecule has 0 saturated heterocycles. The van der Waals surface area contributed by atoms with Gasteiger partial charge in [0.1, 0.15) is 5.82 Å². The molecule has 0 aliphatic rings. The van der Waals surface area contributed by atoms with E-state index in [2.05, 4.69) is 20.3 Å². The maximum absolute atomic E-state index is 13.1. The average Bonchev–Trinajstić information content (AvgIpc) is 3.02. The number of fused-ring (bicyclic) bond motifs is 1. The van der Waals surface area contributed by atoms with E-state index in [1.165, 1.54) is 35.2 Å². The lowest BCUT2D eigenvalue weighted by atomic mass is 10.2. The van der Waals surface area contributed by atoms with Gasteiger partial charge in [-0.25, -0.2) is 9.97 Å². The summed E-state index contributed by atoms with van der Waals surface area (Å²) in [6, 6.07) is 7.53. The fraction of sp³-hybridized carbons (Fsp3) is 0.150. The zero-order chi connectivity index (χ0) is 22.4. The van der Waals surface area contributed by atoms with E-state index >= 15 is 0 Å². The minimum atomic E-state index is -4.52. The van der Waals surface area contributed by atoms with E-state index in [0.717, 1.165) is 24.3 Å². The van der Waals surface area contributed by atoms with Gasteiger partial charge in [0.2, 0.25) is 0 Å². The summed E-state index contributed by atoms with van der Waals surface area (Å²) in [5.41, 5.74) is -0.722. The summed E-state index contributed by atoms with van der Waals surface area (Å²) in [7, 11) is 0. The highest BCUT2D eigenvalue weighted by Gasteiger charge is 2.31. The quantitative estimate of drug-likeness (QED) is 0.405. The Bertz CT molecular complexity index is 1240. The highest BCUT2D eigenvalue weighted by Crippen LogP contribution is 2.33. The van der Waals surface area contributed by atoms with Crippen LogP contribution in [0.15, 0.2) is 54.9 Å². The number of aromatic nitrogens is 4. The Morgan fingerprint density at radius 2 is 1.45 bits per heavy atom. The summed E-state index contributed by atoms with van der Waals surface area (Å²) in [4.78, 5) is 12.6. The summed E-state index contributed by atoms with van der Waals surface area (Å²) < 4.78 is 78.9. The molecular weight excluding hydrogens is 424 g/mol. The molecule has 0 aliphatic heterocycles. The average molecular weight is 437 g/mol. The third-order valence-electron chi connectivity index (χ3n) is 4.49. The van der Waals surface area contributed by atoms with Gasteiger partial charge in [-0.05, 0) is 49.4 Å². The van der Waals surface area contributed by atoms with Crippen molar-refractivity contribution < 1.29 is 26.3 Å². The second-order valence-corrected chi connectivity index (χ2v) is 6.66. The van der Waals surface area contributed by atoms with E-state index in [1.54, 1.807) is 6.92 Å². The number of aryl methyl sites for hydroxylation is 1. The molecule has 0 saturated carbocycles. The van der Waals surface area contributed by atoms with Gasteiger partial charge in [0.25, 0.3) is 0 Å². The summed E-state index contributed by atoms with van der Waals surface area (Å²) in [6.07, 6.45) is -6.27. The van der Waals surface area contributed by atoms with Crippen molar-refractivity contribution in [1.29, 1.82) is 0 Å². The van der Waals surface area contributed by atoms with Crippen molar-refractivity contribution in [3.8, 4) is 5.82 Å². The number of halogens is 6. The van der Waals surface area contributed by atoms with Crippen LogP contribution in [-0.4, -0.2) is 19.5 Å². The smallest absolute Gasteiger partial charge is 0.339 e. The van der Waals surface area contributed by atoms with E-state index < -0.39 is 23.5 Å². The molecule has 0 unspecified atom stereocenters. The van der Waals surface area contributed by atoms with Crippen LogP contribution in [0.4, 0.5) is 37.8 Å². The maximum Gasteiger partial charge on any atom is 0.416 e. The van der Waals surface area contributed by atoms with Crippen LogP contribution in [0.2, 0.25) is 0 Å². The summed E-state index contributed by atoms with van der Waals surface area (Å²) in [5, 5.41) is 2.83. The van der Waals surface area contributed by atoms with Crippen molar-refractivity contribution in [2.75, 3.05) is 5.32 Å². The number of nitrogens with zero attached hydrogens (tertiary/aromatic N) is 4. The molecule has 0 atom stereocenters. The Kier molecular flexibility index (Phi) is 4.83. The lowest BCUT2D eigenvalue weighted by Crippen LogP contribution is -2.07. The molecule has 0 spiro atoms. The van der Waals surface area contributed by atoms with Crippen LogP contribution in [0.1, 0.15) is 17.0 Å². The lowest BCUT2D eigenvalue weighted by molar-refractivity contribution is -0.138. The number of rotatable bonds is 3. The van der Waals surface area contributed by atoms with Crippen molar-refractivity contribution >= 4 is 22.5 Å². The Labute approximate surface area is 171 Å². The van der Waals surface area contributed by atoms with Crippen LogP contribution in [0.3, 0.4) is 0 Å². The first-order valence-corrected chi connectivity index (χ1v) is 8.85. The van der Waals surface area contributed by atoms with Crippen LogP contribution in [0.25, 0.3) is 16.9 Å². The fourth-order valence-corrected chi connectivity index (χ4v) is 3.08. The maximum atomic E-state index is 13.1. The summed E-state index contributed by atoms with van der Waals surface area (Å²) >= 11 is 0. The monoisotopic (exact) mass is 437 g/mol. The molecule has 0 radical (unpaired) electrons. The molecule has 0 amide bonds. The molecule has 2 aromatic carbocycles. The predicted molar refractivity (Wildman–Crippen MR) is 101 cm³/mol. The Balaban J connectivity index is 1.70. The second kappa shape index (κ2) is 7.25. The minimum Gasteiger partial charge on any atom is -0.339 e.